The fraction of sp³-hybridized carbons (Fsp3) is 0.143. The Morgan fingerprint density at radius 3 is 2.36 bits per heavy atom. The van der Waals surface area contributed by atoms with E-state index in [1.807, 2.05) is 31.2 Å². The summed E-state index contributed by atoms with van der Waals surface area (Å²) in [5.74, 6) is -1.41. The van der Waals surface area contributed by atoms with Gasteiger partial charge >= 0.3 is 0 Å². The lowest BCUT2D eigenvalue weighted by molar-refractivity contribution is 0.283. The third kappa shape index (κ3) is 3.20. The summed E-state index contributed by atoms with van der Waals surface area (Å²) in [7, 11) is 0. The van der Waals surface area contributed by atoms with Gasteiger partial charge in [-0.2, -0.15) is 5.10 Å². The van der Waals surface area contributed by atoms with Crippen molar-refractivity contribution in [2.45, 2.75) is 20.1 Å². The quantitative estimate of drug-likeness (QED) is 0.590. The molecule has 2 heterocycles. The average Bonchev–Trinajstić information content (AvgIpc) is 3.03. The number of benzene rings is 2. The molecule has 1 N–H and O–H groups in total. The Morgan fingerprint density at radius 1 is 1.04 bits per heavy atom. The van der Waals surface area contributed by atoms with E-state index >= 15 is 0 Å². The number of hydrogen-bond acceptors (Lipinski definition) is 3. The first kappa shape index (κ1) is 18.1. The van der Waals surface area contributed by atoms with Gasteiger partial charge in [0, 0.05) is 29.6 Å². The molecule has 0 aliphatic heterocycles. The molecular weight excluding hydrogens is 364 g/mol. The van der Waals surface area contributed by atoms with Crippen molar-refractivity contribution >= 4 is 5.52 Å². The first-order valence-electron chi connectivity index (χ1n) is 8.70. The normalized spacial score (nSPS) is 11.3. The average molecular weight is 381 g/mol. The predicted molar refractivity (Wildman–Crippen MR) is 101 cm³/mol. The van der Waals surface area contributed by atoms with Crippen molar-refractivity contribution in [3.05, 3.63) is 93.5 Å². The molecule has 0 saturated heterocycles. The van der Waals surface area contributed by atoms with Gasteiger partial charge in [-0.15, -0.1) is 0 Å². The lowest BCUT2D eigenvalue weighted by Gasteiger charge is -2.07. The van der Waals surface area contributed by atoms with Gasteiger partial charge in [-0.3, -0.25) is 4.79 Å². The zero-order chi connectivity index (χ0) is 19.8. The second kappa shape index (κ2) is 7.01. The lowest BCUT2D eigenvalue weighted by Crippen LogP contribution is -2.22. The SMILES string of the molecule is Cc1ccc(-c2nn3ccn(Cc4cc(F)cc(F)c4)c(=O)c3c2CO)cc1. The monoisotopic (exact) mass is 381 g/mol. The number of aryl methyl sites for hydroxylation is 1. The maximum Gasteiger partial charge on any atom is 0.277 e. The Morgan fingerprint density at radius 2 is 1.71 bits per heavy atom. The van der Waals surface area contributed by atoms with Gasteiger partial charge in [-0.1, -0.05) is 29.8 Å². The highest BCUT2D eigenvalue weighted by Gasteiger charge is 2.18. The van der Waals surface area contributed by atoms with Gasteiger partial charge in [-0.25, -0.2) is 13.3 Å². The fourth-order valence-corrected chi connectivity index (χ4v) is 3.27. The van der Waals surface area contributed by atoms with Crippen LogP contribution in [0.25, 0.3) is 16.8 Å². The zero-order valence-corrected chi connectivity index (χ0v) is 15.1. The summed E-state index contributed by atoms with van der Waals surface area (Å²) in [6.07, 6.45) is 3.09. The highest BCUT2D eigenvalue weighted by Crippen LogP contribution is 2.25. The molecule has 28 heavy (non-hydrogen) atoms. The van der Waals surface area contributed by atoms with E-state index in [9.17, 15) is 18.7 Å². The van der Waals surface area contributed by atoms with Crippen LogP contribution in [0.2, 0.25) is 0 Å². The van der Waals surface area contributed by atoms with E-state index in [2.05, 4.69) is 5.10 Å². The van der Waals surface area contributed by atoms with Crippen LogP contribution in [0, 0.1) is 18.6 Å². The molecule has 0 spiro atoms. The maximum absolute atomic E-state index is 13.4. The summed E-state index contributed by atoms with van der Waals surface area (Å²) in [6, 6.07) is 10.8. The van der Waals surface area contributed by atoms with Gasteiger partial charge in [0.1, 0.15) is 17.2 Å². The minimum Gasteiger partial charge on any atom is -0.392 e. The molecule has 7 heteroatoms. The highest BCUT2D eigenvalue weighted by molar-refractivity contribution is 5.72. The molecule has 142 valence electrons. The molecule has 0 radical (unpaired) electrons. The van der Waals surface area contributed by atoms with Crippen molar-refractivity contribution in [3.8, 4) is 11.3 Å². The summed E-state index contributed by atoms with van der Waals surface area (Å²) in [6.45, 7) is 1.61. The number of hydrogen-bond donors (Lipinski definition) is 1. The largest absolute Gasteiger partial charge is 0.392 e. The topological polar surface area (TPSA) is 59.5 Å². The van der Waals surface area contributed by atoms with Crippen LogP contribution in [0.3, 0.4) is 0 Å². The molecule has 5 nitrogen and oxygen atoms in total. The molecule has 0 saturated carbocycles. The summed E-state index contributed by atoms with van der Waals surface area (Å²) in [5, 5.41) is 14.3. The van der Waals surface area contributed by atoms with Crippen molar-refractivity contribution in [3.63, 3.8) is 0 Å². The van der Waals surface area contributed by atoms with Crippen LogP contribution < -0.4 is 5.56 Å². The summed E-state index contributed by atoms with van der Waals surface area (Å²) < 4.78 is 29.7. The zero-order valence-electron chi connectivity index (χ0n) is 15.1. The fourth-order valence-electron chi connectivity index (χ4n) is 3.27. The van der Waals surface area contributed by atoms with Crippen molar-refractivity contribution in [2.75, 3.05) is 0 Å². The molecule has 2 aromatic heterocycles. The van der Waals surface area contributed by atoms with Gasteiger partial charge in [0.15, 0.2) is 0 Å². The second-order valence-corrected chi connectivity index (χ2v) is 6.65. The first-order valence-corrected chi connectivity index (χ1v) is 8.70. The minimum atomic E-state index is -0.703. The molecule has 2 aromatic carbocycles. The van der Waals surface area contributed by atoms with E-state index < -0.39 is 17.2 Å². The molecule has 4 aromatic rings. The van der Waals surface area contributed by atoms with Crippen LogP contribution in [-0.4, -0.2) is 19.3 Å². The molecule has 0 bridgehead atoms. The van der Waals surface area contributed by atoms with Crippen LogP contribution in [0.5, 0.6) is 0 Å². The summed E-state index contributed by atoms with van der Waals surface area (Å²) >= 11 is 0. The summed E-state index contributed by atoms with van der Waals surface area (Å²) in [5.41, 5.74) is 2.97. The Hall–Kier alpha value is -3.32. The number of nitrogens with zero attached hydrogens (tertiary/aromatic N) is 3. The summed E-state index contributed by atoms with van der Waals surface area (Å²) in [4.78, 5) is 13.0. The number of aromatic nitrogens is 3. The predicted octanol–water partition coefficient (Wildman–Crippen LogP) is 3.29. The van der Waals surface area contributed by atoms with E-state index in [-0.39, 0.29) is 18.7 Å². The second-order valence-electron chi connectivity index (χ2n) is 6.65. The third-order valence-corrected chi connectivity index (χ3v) is 4.62. The molecule has 0 unspecified atom stereocenters. The molecule has 0 aliphatic carbocycles. The number of aliphatic hydroxyl groups is 1. The van der Waals surface area contributed by atoms with Gasteiger partial charge < -0.3 is 9.67 Å². The Balaban J connectivity index is 1.84. The van der Waals surface area contributed by atoms with Gasteiger partial charge in [0.25, 0.3) is 5.56 Å². The maximum atomic E-state index is 13.4. The Bertz CT molecular complexity index is 1210. The van der Waals surface area contributed by atoms with Crippen molar-refractivity contribution in [1.82, 2.24) is 14.2 Å². The van der Waals surface area contributed by atoms with E-state index in [1.54, 1.807) is 6.20 Å². The number of aliphatic hydroxyl groups excluding tert-OH is 1. The minimum absolute atomic E-state index is 0.0000725. The molecule has 0 amide bonds. The van der Waals surface area contributed by atoms with Crippen LogP contribution >= 0.6 is 0 Å². The molecule has 4 rings (SSSR count). The van der Waals surface area contributed by atoms with Crippen LogP contribution in [-0.2, 0) is 13.2 Å². The molecule has 0 atom stereocenters. The first-order chi connectivity index (χ1) is 13.5. The van der Waals surface area contributed by atoms with Crippen molar-refractivity contribution < 1.29 is 13.9 Å². The molecule has 0 fully saturated rings. The molecule has 0 aliphatic rings. The van der Waals surface area contributed by atoms with Crippen molar-refractivity contribution in [1.29, 1.82) is 0 Å². The van der Waals surface area contributed by atoms with Gasteiger partial charge in [0.05, 0.1) is 18.8 Å². The number of rotatable bonds is 4. The number of halogens is 2. The van der Waals surface area contributed by atoms with Gasteiger partial charge in [-0.05, 0) is 24.6 Å². The van der Waals surface area contributed by atoms with Crippen LogP contribution in [0.1, 0.15) is 16.7 Å². The van der Waals surface area contributed by atoms with E-state index in [1.165, 1.54) is 27.4 Å². The van der Waals surface area contributed by atoms with Gasteiger partial charge in [0.2, 0.25) is 0 Å². The highest BCUT2D eigenvalue weighted by atomic mass is 19.1. The van der Waals surface area contributed by atoms with Crippen molar-refractivity contribution in [2.24, 2.45) is 0 Å². The standard InChI is InChI=1S/C21H17F2N3O2/c1-13-2-4-15(5-3-13)19-18(12-27)20-21(28)25(6-7-26(20)24-19)11-14-8-16(22)10-17(23)9-14/h2-10,27H,11-12H2,1H3. The van der Waals surface area contributed by atoms with E-state index in [0.717, 1.165) is 17.2 Å². The lowest BCUT2D eigenvalue weighted by atomic mass is 10.1. The van der Waals surface area contributed by atoms with E-state index in [0.29, 0.717) is 16.8 Å². The smallest absolute Gasteiger partial charge is 0.277 e. The van der Waals surface area contributed by atoms with E-state index in [4.69, 9.17) is 0 Å². The van der Waals surface area contributed by atoms with Crippen LogP contribution in [0.15, 0.2) is 59.7 Å². The molecular formula is C21H17F2N3O2. The number of fused-ring (bicyclic) bond motifs is 1. The Labute approximate surface area is 159 Å². The third-order valence-electron chi connectivity index (χ3n) is 4.62. The Kier molecular flexibility index (Phi) is 4.52. The van der Waals surface area contributed by atoms with Crippen LogP contribution in [0.4, 0.5) is 8.78 Å².